The third-order valence-electron chi connectivity index (χ3n) is 4.90. The number of benzene rings is 1. The zero-order valence-corrected chi connectivity index (χ0v) is 13.1. The van der Waals surface area contributed by atoms with Gasteiger partial charge in [0.05, 0.1) is 5.41 Å². The second-order valence-electron chi connectivity index (χ2n) is 6.01. The first-order chi connectivity index (χ1) is 9.63. The van der Waals surface area contributed by atoms with E-state index in [1.807, 2.05) is 18.0 Å². The van der Waals surface area contributed by atoms with Crippen molar-refractivity contribution in [1.82, 2.24) is 10.2 Å². The Labute approximate surface area is 131 Å². The third-order valence-corrected chi connectivity index (χ3v) is 4.90. The first-order valence-electron chi connectivity index (χ1n) is 7.37. The van der Waals surface area contributed by atoms with E-state index in [1.165, 1.54) is 12.1 Å². The molecule has 1 atom stereocenters. The van der Waals surface area contributed by atoms with E-state index >= 15 is 0 Å². The molecule has 0 aromatic heterocycles. The van der Waals surface area contributed by atoms with E-state index in [2.05, 4.69) is 5.32 Å². The number of hydrogen-bond acceptors (Lipinski definition) is 2. The molecule has 1 saturated heterocycles. The van der Waals surface area contributed by atoms with Crippen molar-refractivity contribution in [3.05, 3.63) is 35.6 Å². The maximum absolute atomic E-state index is 13.5. The molecule has 1 heterocycles. The highest BCUT2D eigenvalue weighted by molar-refractivity contribution is 5.89. The summed E-state index contributed by atoms with van der Waals surface area (Å²) in [4.78, 5) is 14.8. The molecule has 21 heavy (non-hydrogen) atoms. The molecule has 116 valence electrons. The van der Waals surface area contributed by atoms with Gasteiger partial charge in [-0.2, -0.15) is 0 Å². The number of rotatable bonds is 3. The lowest BCUT2D eigenvalue weighted by Crippen LogP contribution is -2.53. The predicted molar refractivity (Wildman–Crippen MR) is 83.2 cm³/mol. The summed E-state index contributed by atoms with van der Waals surface area (Å²) in [6.07, 6.45) is 3.71. The molecule has 5 heteroatoms. The van der Waals surface area contributed by atoms with Gasteiger partial charge in [0.15, 0.2) is 0 Å². The normalized spacial score (nSPS) is 23.0. The molecule has 2 fully saturated rings. The molecule has 1 unspecified atom stereocenters. The van der Waals surface area contributed by atoms with Crippen LogP contribution >= 0.6 is 12.4 Å². The average molecular weight is 313 g/mol. The maximum Gasteiger partial charge on any atom is 0.233 e. The zero-order valence-electron chi connectivity index (χ0n) is 12.3. The highest BCUT2D eigenvalue weighted by Crippen LogP contribution is 2.45. The Hall–Kier alpha value is -1.13. The van der Waals surface area contributed by atoms with E-state index in [9.17, 15) is 9.18 Å². The molecular weight excluding hydrogens is 291 g/mol. The van der Waals surface area contributed by atoms with Gasteiger partial charge in [-0.15, -0.1) is 12.4 Å². The van der Waals surface area contributed by atoms with Crippen molar-refractivity contribution in [2.45, 2.75) is 37.1 Å². The van der Waals surface area contributed by atoms with Crippen molar-refractivity contribution >= 4 is 18.3 Å². The van der Waals surface area contributed by atoms with Crippen molar-refractivity contribution in [3.63, 3.8) is 0 Å². The molecule has 2 aliphatic rings. The Morgan fingerprint density at radius 3 is 2.71 bits per heavy atom. The van der Waals surface area contributed by atoms with Crippen LogP contribution in [0.1, 0.15) is 31.2 Å². The molecule has 0 radical (unpaired) electrons. The van der Waals surface area contributed by atoms with Crippen LogP contribution in [-0.4, -0.2) is 37.0 Å². The molecule has 1 amide bonds. The Balaban J connectivity index is 0.00000161. The van der Waals surface area contributed by atoms with E-state index < -0.39 is 5.41 Å². The van der Waals surface area contributed by atoms with Crippen molar-refractivity contribution in [1.29, 1.82) is 0 Å². The van der Waals surface area contributed by atoms with E-state index in [4.69, 9.17) is 0 Å². The van der Waals surface area contributed by atoms with Crippen LogP contribution in [0.4, 0.5) is 4.39 Å². The number of nitrogens with one attached hydrogen (secondary N) is 1. The van der Waals surface area contributed by atoms with E-state index in [0.717, 1.165) is 44.3 Å². The minimum atomic E-state index is -0.487. The maximum atomic E-state index is 13.5. The standard InChI is InChI=1S/C16H21FN2O.ClH/c1-19(14-6-9-18-11-14)15(20)16(7-3-8-16)12-4-2-5-13(17)10-12;/h2,4-5,10,14,18H,3,6-9,11H2,1H3;1H. The van der Waals surface area contributed by atoms with Gasteiger partial charge in [0.1, 0.15) is 5.82 Å². The van der Waals surface area contributed by atoms with Gasteiger partial charge in [-0.3, -0.25) is 4.79 Å². The fraction of sp³-hybridized carbons (Fsp3) is 0.562. The molecule has 1 aromatic carbocycles. The van der Waals surface area contributed by atoms with Crippen molar-refractivity contribution < 1.29 is 9.18 Å². The second-order valence-corrected chi connectivity index (χ2v) is 6.01. The number of nitrogens with zero attached hydrogens (tertiary/aromatic N) is 1. The molecule has 1 N–H and O–H groups in total. The van der Waals surface area contributed by atoms with E-state index in [0.29, 0.717) is 0 Å². The van der Waals surface area contributed by atoms with Crippen LogP contribution in [0.3, 0.4) is 0 Å². The zero-order chi connectivity index (χ0) is 14.2. The lowest BCUT2D eigenvalue weighted by atomic mass is 9.63. The summed E-state index contributed by atoms with van der Waals surface area (Å²) < 4.78 is 13.5. The number of amides is 1. The quantitative estimate of drug-likeness (QED) is 0.930. The van der Waals surface area contributed by atoms with Crippen LogP contribution in [-0.2, 0) is 10.2 Å². The molecule has 3 rings (SSSR count). The molecular formula is C16H22ClFN2O. The molecule has 1 aromatic rings. The molecule has 0 bridgehead atoms. The van der Waals surface area contributed by atoms with Gasteiger partial charge < -0.3 is 10.2 Å². The van der Waals surface area contributed by atoms with Gasteiger partial charge in [-0.25, -0.2) is 4.39 Å². The van der Waals surface area contributed by atoms with Crippen LogP contribution in [0, 0.1) is 5.82 Å². The van der Waals surface area contributed by atoms with Gasteiger partial charge in [-0.05, 0) is 43.5 Å². The molecule has 3 nitrogen and oxygen atoms in total. The Bertz CT molecular complexity index is 513. The summed E-state index contributed by atoms with van der Waals surface area (Å²) in [5, 5.41) is 3.29. The first-order valence-corrected chi connectivity index (χ1v) is 7.37. The van der Waals surface area contributed by atoms with Gasteiger partial charge in [0.25, 0.3) is 0 Å². The average Bonchev–Trinajstić information content (AvgIpc) is 2.90. The van der Waals surface area contributed by atoms with E-state index in [1.54, 1.807) is 6.07 Å². The lowest BCUT2D eigenvalue weighted by molar-refractivity contribution is -0.141. The second kappa shape index (κ2) is 6.32. The Morgan fingerprint density at radius 2 is 2.19 bits per heavy atom. The first kappa shape index (κ1) is 16.2. The number of carbonyl (C=O) groups is 1. The SMILES string of the molecule is CN(C(=O)C1(c2cccc(F)c2)CCC1)C1CCNC1.Cl. The molecule has 1 aliphatic heterocycles. The van der Waals surface area contributed by atoms with Crippen LogP contribution in [0.25, 0.3) is 0 Å². The number of carbonyl (C=O) groups excluding carboxylic acids is 1. The summed E-state index contributed by atoms with van der Waals surface area (Å²) in [6, 6.07) is 6.83. The van der Waals surface area contributed by atoms with Gasteiger partial charge in [-0.1, -0.05) is 18.6 Å². The van der Waals surface area contributed by atoms with Crippen molar-refractivity contribution in [2.75, 3.05) is 20.1 Å². The van der Waals surface area contributed by atoms with Crippen molar-refractivity contribution in [3.8, 4) is 0 Å². The smallest absolute Gasteiger partial charge is 0.233 e. The van der Waals surface area contributed by atoms with E-state index in [-0.39, 0.29) is 30.2 Å². The summed E-state index contributed by atoms with van der Waals surface area (Å²) in [5.41, 5.74) is 0.353. The van der Waals surface area contributed by atoms with Crippen LogP contribution in [0.5, 0.6) is 0 Å². The monoisotopic (exact) mass is 312 g/mol. The summed E-state index contributed by atoms with van der Waals surface area (Å²) in [5.74, 6) is -0.102. The summed E-state index contributed by atoms with van der Waals surface area (Å²) in [6.45, 7) is 1.83. The summed E-state index contributed by atoms with van der Waals surface area (Å²) >= 11 is 0. The predicted octanol–water partition coefficient (Wildman–Crippen LogP) is 2.49. The lowest BCUT2D eigenvalue weighted by Gasteiger charge is -2.44. The van der Waals surface area contributed by atoms with Gasteiger partial charge in [0.2, 0.25) is 5.91 Å². The Kier molecular flexibility index (Phi) is 4.89. The fourth-order valence-electron chi connectivity index (χ4n) is 3.42. The minimum absolute atomic E-state index is 0. The van der Waals surface area contributed by atoms with Crippen LogP contribution in [0.15, 0.2) is 24.3 Å². The summed E-state index contributed by atoms with van der Waals surface area (Å²) in [7, 11) is 1.89. The fourth-order valence-corrected chi connectivity index (χ4v) is 3.42. The van der Waals surface area contributed by atoms with Gasteiger partial charge >= 0.3 is 0 Å². The molecule has 0 spiro atoms. The minimum Gasteiger partial charge on any atom is -0.341 e. The third kappa shape index (κ3) is 2.79. The molecule has 1 aliphatic carbocycles. The highest BCUT2D eigenvalue weighted by atomic mass is 35.5. The highest BCUT2D eigenvalue weighted by Gasteiger charge is 2.48. The molecule has 1 saturated carbocycles. The Morgan fingerprint density at radius 1 is 1.43 bits per heavy atom. The van der Waals surface area contributed by atoms with Gasteiger partial charge in [0, 0.05) is 19.6 Å². The topological polar surface area (TPSA) is 32.3 Å². The number of hydrogen-bond donors (Lipinski definition) is 1. The van der Waals surface area contributed by atoms with Crippen LogP contribution < -0.4 is 5.32 Å². The van der Waals surface area contributed by atoms with Crippen LogP contribution in [0.2, 0.25) is 0 Å². The van der Waals surface area contributed by atoms with Crippen molar-refractivity contribution in [2.24, 2.45) is 0 Å². The largest absolute Gasteiger partial charge is 0.341 e. The number of halogens is 2. The number of likely N-dealkylation sites (N-methyl/N-ethyl adjacent to an activating group) is 1.